The van der Waals surface area contributed by atoms with Crippen molar-refractivity contribution in [3.05, 3.63) is 0 Å². The molecule has 0 aromatic heterocycles. The molecule has 0 aromatic rings. The summed E-state index contributed by atoms with van der Waals surface area (Å²) in [6.45, 7) is 6.83. The molecule has 0 aromatic carbocycles. The van der Waals surface area contributed by atoms with E-state index in [-0.39, 0.29) is 0 Å². The Morgan fingerprint density at radius 3 is 2.93 bits per heavy atom. The number of nitrogens with one attached hydrogen (secondary N) is 1. The van der Waals surface area contributed by atoms with Crippen LogP contribution in [-0.2, 0) is 0 Å². The van der Waals surface area contributed by atoms with Gasteiger partial charge in [-0.05, 0) is 32.2 Å². The maximum atomic E-state index is 7.29. The van der Waals surface area contributed by atoms with Crippen LogP contribution in [0.5, 0.6) is 0 Å². The Bertz CT molecular complexity index is 191. The number of nitrogens with two attached hydrogens (primary N) is 1. The zero-order valence-electron chi connectivity index (χ0n) is 9.42. The third kappa shape index (κ3) is 3.29. The van der Waals surface area contributed by atoms with Crippen LogP contribution in [0.2, 0.25) is 0 Å². The minimum atomic E-state index is 0.316. The number of hydrogen-bond acceptors (Lipinski definition) is 2. The predicted molar refractivity (Wildman–Crippen MR) is 60.6 cm³/mol. The Morgan fingerprint density at radius 1 is 1.64 bits per heavy atom. The van der Waals surface area contributed by atoms with Crippen LogP contribution in [0.3, 0.4) is 0 Å². The van der Waals surface area contributed by atoms with Crippen LogP contribution in [0.15, 0.2) is 0 Å². The van der Waals surface area contributed by atoms with Crippen molar-refractivity contribution < 1.29 is 0 Å². The highest BCUT2D eigenvalue weighted by molar-refractivity contribution is 5.77. The van der Waals surface area contributed by atoms with Gasteiger partial charge >= 0.3 is 0 Å². The number of amidine groups is 1. The Kier molecular flexibility index (Phi) is 4.39. The molecule has 0 spiro atoms. The fourth-order valence-electron chi connectivity index (χ4n) is 2.28. The van der Waals surface area contributed by atoms with Crippen LogP contribution in [0.4, 0.5) is 0 Å². The first kappa shape index (κ1) is 11.5. The maximum Gasteiger partial charge on any atom is 0.0920 e. The highest BCUT2D eigenvalue weighted by atomic mass is 15.2. The molecule has 0 saturated carbocycles. The molecular weight excluding hydrogens is 174 g/mol. The van der Waals surface area contributed by atoms with Gasteiger partial charge in [-0.25, -0.2) is 0 Å². The lowest BCUT2D eigenvalue weighted by atomic mass is 9.94. The topological polar surface area (TPSA) is 53.1 Å². The standard InChI is InChI=1S/C11H23N3/c1-3-10-5-4-6-14(8-10)9(2)7-11(12)13/h9-10H,3-8H2,1-2H3,(H3,12,13). The van der Waals surface area contributed by atoms with E-state index in [0.29, 0.717) is 11.9 Å². The van der Waals surface area contributed by atoms with E-state index in [9.17, 15) is 0 Å². The summed E-state index contributed by atoms with van der Waals surface area (Å²) < 4.78 is 0. The van der Waals surface area contributed by atoms with E-state index in [2.05, 4.69) is 18.7 Å². The van der Waals surface area contributed by atoms with Crippen LogP contribution >= 0.6 is 0 Å². The van der Waals surface area contributed by atoms with Crippen molar-refractivity contribution in [3.8, 4) is 0 Å². The molecule has 3 heteroatoms. The highest BCUT2D eigenvalue weighted by Crippen LogP contribution is 2.21. The molecule has 0 radical (unpaired) electrons. The quantitative estimate of drug-likeness (QED) is 0.533. The van der Waals surface area contributed by atoms with E-state index in [0.717, 1.165) is 12.3 Å². The largest absolute Gasteiger partial charge is 0.388 e. The Labute approximate surface area is 87.2 Å². The lowest BCUT2D eigenvalue weighted by molar-refractivity contribution is 0.132. The predicted octanol–water partition coefficient (Wildman–Crippen LogP) is 1.82. The zero-order valence-corrected chi connectivity index (χ0v) is 9.42. The summed E-state index contributed by atoms with van der Waals surface area (Å²) in [5.74, 6) is 1.18. The molecule has 0 aliphatic carbocycles. The van der Waals surface area contributed by atoms with Crippen molar-refractivity contribution in [2.45, 2.75) is 45.6 Å². The molecule has 1 rings (SSSR count). The molecule has 3 nitrogen and oxygen atoms in total. The summed E-state index contributed by atoms with van der Waals surface area (Å²) >= 11 is 0. The third-order valence-electron chi connectivity index (χ3n) is 3.27. The molecule has 3 N–H and O–H groups in total. The summed E-state index contributed by atoms with van der Waals surface area (Å²) in [5, 5.41) is 7.29. The molecule has 82 valence electrons. The van der Waals surface area contributed by atoms with Crippen LogP contribution in [0, 0.1) is 11.3 Å². The van der Waals surface area contributed by atoms with E-state index in [1.54, 1.807) is 0 Å². The average Bonchev–Trinajstić information content (AvgIpc) is 2.17. The minimum absolute atomic E-state index is 0.316. The van der Waals surface area contributed by atoms with E-state index in [1.165, 1.54) is 32.4 Å². The monoisotopic (exact) mass is 197 g/mol. The van der Waals surface area contributed by atoms with Gasteiger partial charge in [-0.15, -0.1) is 0 Å². The van der Waals surface area contributed by atoms with Gasteiger partial charge in [0.2, 0.25) is 0 Å². The SMILES string of the molecule is CCC1CCCN(C(C)CC(=N)N)C1. The van der Waals surface area contributed by atoms with Gasteiger partial charge in [0.25, 0.3) is 0 Å². The molecule has 1 aliphatic heterocycles. The number of rotatable bonds is 4. The molecule has 14 heavy (non-hydrogen) atoms. The second-order valence-electron chi connectivity index (χ2n) is 4.49. The van der Waals surface area contributed by atoms with Crippen LogP contribution in [0.1, 0.15) is 39.5 Å². The van der Waals surface area contributed by atoms with Crippen LogP contribution < -0.4 is 5.73 Å². The second kappa shape index (κ2) is 5.35. The normalized spacial score (nSPS) is 26.0. The summed E-state index contributed by atoms with van der Waals surface area (Å²) in [6.07, 6.45) is 4.68. The fraction of sp³-hybridized carbons (Fsp3) is 0.909. The van der Waals surface area contributed by atoms with Gasteiger partial charge in [-0.1, -0.05) is 13.3 Å². The van der Waals surface area contributed by atoms with E-state index in [4.69, 9.17) is 11.1 Å². The Hall–Kier alpha value is -0.570. The van der Waals surface area contributed by atoms with Gasteiger partial charge in [0.05, 0.1) is 5.84 Å². The van der Waals surface area contributed by atoms with Crippen LogP contribution in [-0.4, -0.2) is 29.9 Å². The number of hydrogen-bond donors (Lipinski definition) is 2. The molecule has 1 saturated heterocycles. The molecule has 1 aliphatic rings. The number of nitrogens with zero attached hydrogens (tertiary/aromatic N) is 1. The van der Waals surface area contributed by atoms with Gasteiger partial charge in [-0.3, -0.25) is 10.3 Å². The summed E-state index contributed by atoms with van der Waals surface area (Å²) in [7, 11) is 0. The first-order valence-corrected chi connectivity index (χ1v) is 5.70. The lowest BCUT2D eigenvalue weighted by Gasteiger charge is -2.36. The second-order valence-corrected chi connectivity index (χ2v) is 4.49. The summed E-state index contributed by atoms with van der Waals surface area (Å²) in [5.41, 5.74) is 5.42. The molecule has 0 bridgehead atoms. The number of piperidine rings is 1. The van der Waals surface area contributed by atoms with Crippen molar-refractivity contribution in [1.29, 1.82) is 5.41 Å². The fourth-order valence-corrected chi connectivity index (χ4v) is 2.28. The van der Waals surface area contributed by atoms with E-state index in [1.807, 2.05) is 0 Å². The minimum Gasteiger partial charge on any atom is -0.388 e. The summed E-state index contributed by atoms with van der Waals surface area (Å²) in [6, 6.07) is 0.446. The molecule has 2 unspecified atom stereocenters. The van der Waals surface area contributed by atoms with Crippen molar-refractivity contribution in [2.24, 2.45) is 11.7 Å². The van der Waals surface area contributed by atoms with Crippen molar-refractivity contribution in [2.75, 3.05) is 13.1 Å². The Morgan fingerprint density at radius 2 is 2.36 bits per heavy atom. The molecule has 1 heterocycles. The highest BCUT2D eigenvalue weighted by Gasteiger charge is 2.22. The molecular formula is C11H23N3. The zero-order chi connectivity index (χ0) is 10.6. The lowest BCUT2D eigenvalue weighted by Crippen LogP contribution is -2.42. The molecule has 1 fully saturated rings. The average molecular weight is 197 g/mol. The van der Waals surface area contributed by atoms with Gasteiger partial charge in [0.1, 0.15) is 0 Å². The Balaban J connectivity index is 2.38. The smallest absolute Gasteiger partial charge is 0.0920 e. The third-order valence-corrected chi connectivity index (χ3v) is 3.27. The first-order valence-electron chi connectivity index (χ1n) is 5.70. The van der Waals surface area contributed by atoms with Gasteiger partial charge < -0.3 is 5.73 Å². The van der Waals surface area contributed by atoms with Gasteiger partial charge in [0, 0.05) is 19.0 Å². The molecule has 2 atom stereocenters. The first-order chi connectivity index (χ1) is 6.63. The number of likely N-dealkylation sites (tertiary alicyclic amines) is 1. The van der Waals surface area contributed by atoms with E-state index >= 15 is 0 Å². The van der Waals surface area contributed by atoms with Crippen molar-refractivity contribution >= 4 is 5.84 Å². The van der Waals surface area contributed by atoms with E-state index < -0.39 is 0 Å². The molecule has 0 amide bonds. The maximum absolute atomic E-state index is 7.29. The van der Waals surface area contributed by atoms with Crippen LogP contribution in [0.25, 0.3) is 0 Å². The van der Waals surface area contributed by atoms with Gasteiger partial charge in [-0.2, -0.15) is 0 Å². The van der Waals surface area contributed by atoms with Crippen molar-refractivity contribution in [3.63, 3.8) is 0 Å². The van der Waals surface area contributed by atoms with Crippen molar-refractivity contribution in [1.82, 2.24) is 4.90 Å². The summed E-state index contributed by atoms with van der Waals surface area (Å²) in [4.78, 5) is 2.49. The van der Waals surface area contributed by atoms with Gasteiger partial charge in [0.15, 0.2) is 0 Å².